The third kappa shape index (κ3) is 2.52. The van der Waals surface area contributed by atoms with E-state index < -0.39 is 18.1 Å². The first-order chi connectivity index (χ1) is 8.09. The van der Waals surface area contributed by atoms with Gasteiger partial charge in [0.1, 0.15) is 6.04 Å². The van der Waals surface area contributed by atoms with E-state index in [0.717, 1.165) is 12.8 Å². The second-order valence-corrected chi connectivity index (χ2v) is 4.71. The largest absolute Gasteiger partial charge is 0.480 e. The van der Waals surface area contributed by atoms with Crippen molar-refractivity contribution >= 4 is 12.0 Å². The summed E-state index contributed by atoms with van der Waals surface area (Å²) in [5, 5.41) is 18.5. The zero-order valence-corrected chi connectivity index (χ0v) is 9.71. The molecule has 0 saturated carbocycles. The Morgan fingerprint density at radius 1 is 1.12 bits per heavy atom. The number of aliphatic carboxylic acids is 1. The molecule has 1 unspecified atom stereocenters. The number of carboxylic acids is 1. The van der Waals surface area contributed by atoms with Gasteiger partial charge in [0.05, 0.1) is 6.10 Å². The number of carbonyl (C=O) groups excluding carboxylic acids is 1. The minimum absolute atomic E-state index is 0.242. The first-order valence-corrected chi connectivity index (χ1v) is 6.06. The number of aliphatic hydroxyl groups excluding tert-OH is 1. The van der Waals surface area contributed by atoms with Gasteiger partial charge in [-0.15, -0.1) is 0 Å². The fraction of sp³-hybridized carbons (Fsp3) is 0.818. The average Bonchev–Trinajstić information content (AvgIpc) is 2.77. The number of nitrogens with zero attached hydrogens (tertiary/aromatic N) is 2. The first kappa shape index (κ1) is 12.2. The standard InChI is InChI=1S/C11H18N2O4/c14-8-3-1-5-12(7-8)11(17)13-6-2-4-9(13)10(15)16/h8-9,14H,1-7H2,(H,15,16)/t8?,9-/m0/s1. The van der Waals surface area contributed by atoms with Crippen LogP contribution in [0.1, 0.15) is 25.7 Å². The molecule has 0 spiro atoms. The highest BCUT2D eigenvalue weighted by Crippen LogP contribution is 2.21. The van der Waals surface area contributed by atoms with E-state index in [2.05, 4.69) is 0 Å². The van der Waals surface area contributed by atoms with Gasteiger partial charge in [0.2, 0.25) is 0 Å². The molecule has 2 aliphatic rings. The number of amides is 2. The lowest BCUT2D eigenvalue weighted by molar-refractivity contribution is -0.141. The van der Waals surface area contributed by atoms with Crippen LogP contribution in [0.5, 0.6) is 0 Å². The summed E-state index contributed by atoms with van der Waals surface area (Å²) >= 11 is 0. The predicted molar refractivity (Wildman–Crippen MR) is 59.6 cm³/mol. The highest BCUT2D eigenvalue weighted by molar-refractivity contribution is 5.83. The summed E-state index contributed by atoms with van der Waals surface area (Å²) in [6.45, 7) is 1.43. The highest BCUT2D eigenvalue weighted by atomic mass is 16.4. The molecule has 2 fully saturated rings. The summed E-state index contributed by atoms with van der Waals surface area (Å²) in [5.74, 6) is -0.937. The van der Waals surface area contributed by atoms with Crippen molar-refractivity contribution in [1.29, 1.82) is 0 Å². The van der Waals surface area contributed by atoms with Crippen LogP contribution in [0, 0.1) is 0 Å². The first-order valence-electron chi connectivity index (χ1n) is 6.06. The molecule has 2 N–H and O–H groups in total. The summed E-state index contributed by atoms with van der Waals surface area (Å²) in [4.78, 5) is 26.1. The third-order valence-corrected chi connectivity index (χ3v) is 3.45. The SMILES string of the molecule is O=C(O)[C@@H]1CCCN1C(=O)N1CCCC(O)C1. The summed E-state index contributed by atoms with van der Waals surface area (Å²) in [6.07, 6.45) is 2.28. The molecule has 2 rings (SSSR count). The maximum Gasteiger partial charge on any atom is 0.326 e. The Morgan fingerprint density at radius 2 is 1.82 bits per heavy atom. The number of hydrogen-bond donors (Lipinski definition) is 2. The molecular weight excluding hydrogens is 224 g/mol. The minimum Gasteiger partial charge on any atom is -0.480 e. The van der Waals surface area contributed by atoms with Crippen LogP contribution in [0.3, 0.4) is 0 Å². The van der Waals surface area contributed by atoms with Gasteiger partial charge in [0.25, 0.3) is 0 Å². The monoisotopic (exact) mass is 242 g/mol. The Hall–Kier alpha value is -1.30. The van der Waals surface area contributed by atoms with Crippen molar-refractivity contribution in [2.75, 3.05) is 19.6 Å². The number of aliphatic hydroxyl groups is 1. The van der Waals surface area contributed by atoms with Gasteiger partial charge in [-0.05, 0) is 25.7 Å². The summed E-state index contributed by atoms with van der Waals surface area (Å²) in [7, 11) is 0. The molecule has 2 atom stereocenters. The number of urea groups is 1. The molecule has 0 radical (unpaired) electrons. The van der Waals surface area contributed by atoms with Gasteiger partial charge in [0.15, 0.2) is 0 Å². The zero-order chi connectivity index (χ0) is 12.4. The van der Waals surface area contributed by atoms with Gasteiger partial charge in [0, 0.05) is 19.6 Å². The molecule has 0 aromatic carbocycles. The van der Waals surface area contributed by atoms with Crippen LogP contribution in [0.15, 0.2) is 0 Å². The molecule has 2 amide bonds. The maximum absolute atomic E-state index is 12.1. The van der Waals surface area contributed by atoms with Gasteiger partial charge in [-0.2, -0.15) is 0 Å². The number of carbonyl (C=O) groups is 2. The third-order valence-electron chi connectivity index (χ3n) is 3.45. The molecule has 2 saturated heterocycles. The van der Waals surface area contributed by atoms with Gasteiger partial charge in [-0.25, -0.2) is 9.59 Å². The molecule has 2 heterocycles. The van der Waals surface area contributed by atoms with Gasteiger partial charge < -0.3 is 20.0 Å². The van der Waals surface area contributed by atoms with Crippen molar-refractivity contribution in [3.05, 3.63) is 0 Å². The Bertz CT molecular complexity index is 321. The topological polar surface area (TPSA) is 81.1 Å². The predicted octanol–water partition coefficient (Wildman–Crippen LogP) is 0.112. The maximum atomic E-state index is 12.1. The summed E-state index contributed by atoms with van der Waals surface area (Å²) in [6, 6.07) is -0.935. The highest BCUT2D eigenvalue weighted by Gasteiger charge is 2.37. The molecule has 0 aromatic heterocycles. The number of rotatable bonds is 1. The molecule has 0 bridgehead atoms. The zero-order valence-electron chi connectivity index (χ0n) is 9.71. The Kier molecular flexibility index (Phi) is 3.51. The van der Waals surface area contributed by atoms with Gasteiger partial charge >= 0.3 is 12.0 Å². The van der Waals surface area contributed by atoms with Crippen molar-refractivity contribution in [1.82, 2.24) is 9.80 Å². The number of likely N-dealkylation sites (tertiary alicyclic amines) is 2. The molecule has 6 heteroatoms. The molecule has 6 nitrogen and oxygen atoms in total. The van der Waals surface area contributed by atoms with Crippen molar-refractivity contribution in [2.45, 2.75) is 37.8 Å². The van der Waals surface area contributed by atoms with Crippen molar-refractivity contribution in [2.24, 2.45) is 0 Å². The summed E-state index contributed by atoms with van der Waals surface area (Å²) < 4.78 is 0. The van der Waals surface area contributed by atoms with E-state index in [1.165, 1.54) is 4.90 Å². The van der Waals surface area contributed by atoms with E-state index in [0.29, 0.717) is 32.5 Å². The fourth-order valence-corrected chi connectivity index (χ4v) is 2.56. The number of piperidine rings is 1. The lowest BCUT2D eigenvalue weighted by Crippen LogP contribution is -2.51. The van der Waals surface area contributed by atoms with Crippen molar-refractivity contribution in [3.8, 4) is 0 Å². The van der Waals surface area contributed by atoms with Crippen LogP contribution in [-0.4, -0.2) is 63.8 Å². The Morgan fingerprint density at radius 3 is 2.47 bits per heavy atom. The van der Waals surface area contributed by atoms with Gasteiger partial charge in [-0.1, -0.05) is 0 Å². The quantitative estimate of drug-likeness (QED) is 0.684. The van der Waals surface area contributed by atoms with E-state index in [1.807, 2.05) is 0 Å². The molecule has 2 aliphatic heterocycles. The fourth-order valence-electron chi connectivity index (χ4n) is 2.56. The lowest BCUT2D eigenvalue weighted by atomic mass is 10.1. The summed E-state index contributed by atoms with van der Waals surface area (Å²) in [5.41, 5.74) is 0. The smallest absolute Gasteiger partial charge is 0.326 e. The van der Waals surface area contributed by atoms with Gasteiger partial charge in [-0.3, -0.25) is 0 Å². The molecule has 17 heavy (non-hydrogen) atoms. The lowest BCUT2D eigenvalue weighted by Gasteiger charge is -2.34. The van der Waals surface area contributed by atoms with Crippen LogP contribution < -0.4 is 0 Å². The Balaban J connectivity index is 2.01. The van der Waals surface area contributed by atoms with Crippen molar-refractivity contribution < 1.29 is 19.8 Å². The molecule has 0 aromatic rings. The van der Waals surface area contributed by atoms with Crippen LogP contribution in [0.25, 0.3) is 0 Å². The number of hydrogen-bond acceptors (Lipinski definition) is 3. The molecular formula is C11H18N2O4. The number of β-amino-alcohol motifs (C(OH)–C–C–N with tert-alkyl or cyclic N) is 1. The minimum atomic E-state index is -0.937. The average molecular weight is 242 g/mol. The number of carboxylic acid groups (broad SMARTS) is 1. The normalized spacial score (nSPS) is 29.5. The molecule has 96 valence electrons. The second kappa shape index (κ2) is 4.91. The van der Waals surface area contributed by atoms with Crippen LogP contribution in [0.2, 0.25) is 0 Å². The van der Waals surface area contributed by atoms with E-state index >= 15 is 0 Å². The van der Waals surface area contributed by atoms with Crippen molar-refractivity contribution in [3.63, 3.8) is 0 Å². The van der Waals surface area contributed by atoms with Crippen LogP contribution in [-0.2, 0) is 4.79 Å². The van der Waals surface area contributed by atoms with E-state index in [-0.39, 0.29) is 6.03 Å². The van der Waals surface area contributed by atoms with Crippen LogP contribution >= 0.6 is 0 Å². The second-order valence-electron chi connectivity index (χ2n) is 4.71. The van der Waals surface area contributed by atoms with E-state index in [4.69, 9.17) is 5.11 Å². The van der Waals surface area contributed by atoms with E-state index in [9.17, 15) is 14.7 Å². The van der Waals surface area contributed by atoms with E-state index in [1.54, 1.807) is 4.90 Å². The molecule has 0 aliphatic carbocycles. The van der Waals surface area contributed by atoms with Crippen LogP contribution in [0.4, 0.5) is 4.79 Å². The Labute approximate surface area is 99.8 Å².